The van der Waals surface area contributed by atoms with E-state index < -0.39 is 5.54 Å². The predicted octanol–water partition coefficient (Wildman–Crippen LogP) is 2.62. The maximum absolute atomic E-state index is 11.2. The third-order valence-electron chi connectivity index (χ3n) is 3.12. The number of hydrogen-bond acceptors (Lipinski definition) is 2. The molecule has 18 heavy (non-hydrogen) atoms. The Morgan fingerprint density at radius 3 is 2.78 bits per heavy atom. The molecule has 0 atom stereocenters. The monoisotopic (exact) mass is 263 g/mol. The van der Waals surface area contributed by atoms with Gasteiger partial charge in [0.1, 0.15) is 0 Å². The second kappa shape index (κ2) is 4.24. The van der Waals surface area contributed by atoms with Crippen LogP contribution in [0.2, 0.25) is 0 Å². The number of amides is 1. The Bertz CT molecular complexity index is 666. The smallest absolute Gasteiger partial charge is 0.219 e. The standard InChI is InChI=1S/C13H17N3OS/c1-8-5-4-6-9-11(8)16(12(18)15-9)13(2,3)7-10(14)17/h4-6H,7H2,1-3H3,(H2,14,17)(H,15,18). The zero-order valence-electron chi connectivity index (χ0n) is 10.8. The van der Waals surface area contributed by atoms with Crippen molar-refractivity contribution in [2.75, 3.05) is 0 Å². The number of nitrogens with one attached hydrogen (secondary N) is 1. The molecule has 0 aliphatic rings. The van der Waals surface area contributed by atoms with Crippen molar-refractivity contribution < 1.29 is 4.79 Å². The average molecular weight is 263 g/mol. The van der Waals surface area contributed by atoms with Crippen LogP contribution in [-0.2, 0) is 10.3 Å². The first-order valence-electron chi connectivity index (χ1n) is 5.82. The number of aromatic nitrogens is 2. The number of carbonyl (C=O) groups is 1. The van der Waals surface area contributed by atoms with Gasteiger partial charge in [0, 0.05) is 6.42 Å². The highest BCUT2D eigenvalue weighted by atomic mass is 32.1. The van der Waals surface area contributed by atoms with Crippen LogP contribution in [-0.4, -0.2) is 15.5 Å². The van der Waals surface area contributed by atoms with Crippen molar-refractivity contribution >= 4 is 29.2 Å². The molecule has 0 fully saturated rings. The van der Waals surface area contributed by atoms with E-state index in [9.17, 15) is 4.79 Å². The van der Waals surface area contributed by atoms with Crippen molar-refractivity contribution in [1.82, 2.24) is 9.55 Å². The molecule has 0 saturated carbocycles. The Balaban J connectivity index is 2.74. The fourth-order valence-electron chi connectivity index (χ4n) is 2.41. The lowest BCUT2D eigenvalue weighted by Crippen LogP contribution is -2.32. The van der Waals surface area contributed by atoms with Crippen molar-refractivity contribution in [3.05, 3.63) is 28.5 Å². The highest BCUT2D eigenvalue weighted by molar-refractivity contribution is 7.71. The summed E-state index contributed by atoms with van der Waals surface area (Å²) in [4.78, 5) is 14.4. The highest BCUT2D eigenvalue weighted by Gasteiger charge is 2.26. The van der Waals surface area contributed by atoms with Gasteiger partial charge in [-0.15, -0.1) is 0 Å². The number of benzene rings is 1. The molecule has 1 heterocycles. The van der Waals surface area contributed by atoms with Gasteiger partial charge in [0.15, 0.2) is 4.77 Å². The lowest BCUT2D eigenvalue weighted by molar-refractivity contribution is -0.119. The summed E-state index contributed by atoms with van der Waals surface area (Å²) in [7, 11) is 0. The second-order valence-corrected chi connectivity index (χ2v) is 5.58. The highest BCUT2D eigenvalue weighted by Crippen LogP contribution is 2.28. The zero-order chi connectivity index (χ0) is 13.5. The quantitative estimate of drug-likeness (QED) is 0.836. The minimum Gasteiger partial charge on any atom is -0.370 e. The maximum atomic E-state index is 11.2. The SMILES string of the molecule is Cc1cccc2[nH]c(=S)n(C(C)(C)CC(N)=O)c12. The van der Waals surface area contributed by atoms with E-state index in [0.717, 1.165) is 16.6 Å². The van der Waals surface area contributed by atoms with E-state index in [0.29, 0.717) is 4.77 Å². The first kappa shape index (κ1) is 12.8. The van der Waals surface area contributed by atoms with Gasteiger partial charge in [0.05, 0.1) is 16.6 Å². The summed E-state index contributed by atoms with van der Waals surface area (Å²) in [6.45, 7) is 5.96. The number of hydrogen-bond donors (Lipinski definition) is 2. The van der Waals surface area contributed by atoms with E-state index in [4.69, 9.17) is 18.0 Å². The lowest BCUT2D eigenvalue weighted by atomic mass is 9.99. The molecule has 0 aliphatic heterocycles. The van der Waals surface area contributed by atoms with Gasteiger partial charge in [-0.3, -0.25) is 4.79 Å². The first-order valence-corrected chi connectivity index (χ1v) is 6.23. The maximum Gasteiger partial charge on any atom is 0.219 e. The molecule has 1 aromatic carbocycles. The number of imidazole rings is 1. The Labute approximate surface area is 111 Å². The minimum absolute atomic E-state index is 0.253. The predicted molar refractivity (Wildman–Crippen MR) is 75.0 cm³/mol. The van der Waals surface area contributed by atoms with E-state index in [1.807, 2.05) is 43.5 Å². The van der Waals surface area contributed by atoms with Crippen LogP contribution >= 0.6 is 12.2 Å². The number of para-hydroxylation sites is 1. The molecular formula is C13H17N3OS. The molecular weight excluding hydrogens is 246 g/mol. The molecule has 1 amide bonds. The summed E-state index contributed by atoms with van der Waals surface area (Å²) in [6, 6.07) is 5.99. The summed E-state index contributed by atoms with van der Waals surface area (Å²) in [6.07, 6.45) is 0.253. The van der Waals surface area contributed by atoms with Crippen LogP contribution in [0, 0.1) is 11.7 Å². The molecule has 1 aromatic heterocycles. The fourth-order valence-corrected chi connectivity index (χ4v) is 2.86. The van der Waals surface area contributed by atoms with Crippen LogP contribution in [0.15, 0.2) is 18.2 Å². The number of fused-ring (bicyclic) bond motifs is 1. The Kier molecular flexibility index (Phi) is 3.02. The summed E-state index contributed by atoms with van der Waals surface area (Å²) < 4.78 is 2.60. The van der Waals surface area contributed by atoms with Gasteiger partial charge in [0.2, 0.25) is 5.91 Å². The zero-order valence-corrected chi connectivity index (χ0v) is 11.6. The molecule has 2 rings (SSSR count). The van der Waals surface area contributed by atoms with Crippen LogP contribution in [0.5, 0.6) is 0 Å². The van der Waals surface area contributed by atoms with Crippen molar-refractivity contribution in [2.24, 2.45) is 5.73 Å². The Hall–Kier alpha value is -1.62. The molecule has 0 radical (unpaired) electrons. The van der Waals surface area contributed by atoms with Gasteiger partial charge in [-0.05, 0) is 44.6 Å². The molecule has 0 spiro atoms. The van der Waals surface area contributed by atoms with E-state index >= 15 is 0 Å². The number of aryl methyl sites for hydroxylation is 1. The summed E-state index contributed by atoms with van der Waals surface area (Å²) in [5, 5.41) is 0. The number of rotatable bonds is 3. The average Bonchev–Trinajstić information content (AvgIpc) is 2.54. The van der Waals surface area contributed by atoms with E-state index in [-0.39, 0.29) is 12.3 Å². The van der Waals surface area contributed by atoms with Crippen LogP contribution in [0.25, 0.3) is 11.0 Å². The van der Waals surface area contributed by atoms with Crippen molar-refractivity contribution in [3.8, 4) is 0 Å². The van der Waals surface area contributed by atoms with Crippen molar-refractivity contribution in [3.63, 3.8) is 0 Å². The number of H-pyrrole nitrogens is 1. The number of nitrogens with zero attached hydrogens (tertiary/aromatic N) is 1. The molecule has 3 N–H and O–H groups in total. The van der Waals surface area contributed by atoms with Gasteiger partial charge in [-0.25, -0.2) is 0 Å². The van der Waals surface area contributed by atoms with Crippen molar-refractivity contribution in [1.29, 1.82) is 0 Å². The van der Waals surface area contributed by atoms with Crippen LogP contribution < -0.4 is 5.73 Å². The number of nitrogens with two attached hydrogens (primary N) is 1. The lowest BCUT2D eigenvalue weighted by Gasteiger charge is -2.26. The molecule has 0 aliphatic carbocycles. The molecule has 5 heteroatoms. The first-order chi connectivity index (χ1) is 8.33. The molecule has 2 aromatic rings. The van der Waals surface area contributed by atoms with E-state index in [2.05, 4.69) is 4.98 Å². The summed E-state index contributed by atoms with van der Waals surface area (Å²) in [5.74, 6) is -0.329. The van der Waals surface area contributed by atoms with Gasteiger partial charge in [-0.2, -0.15) is 0 Å². The van der Waals surface area contributed by atoms with E-state index in [1.165, 1.54) is 0 Å². The van der Waals surface area contributed by atoms with Crippen LogP contribution in [0.4, 0.5) is 0 Å². The molecule has 96 valence electrons. The fraction of sp³-hybridized carbons (Fsp3) is 0.385. The number of primary amides is 1. The topological polar surface area (TPSA) is 63.8 Å². The number of aromatic amines is 1. The third-order valence-corrected chi connectivity index (χ3v) is 3.40. The van der Waals surface area contributed by atoms with Crippen LogP contribution in [0.3, 0.4) is 0 Å². The molecule has 0 unspecified atom stereocenters. The second-order valence-electron chi connectivity index (χ2n) is 5.19. The van der Waals surface area contributed by atoms with Gasteiger partial charge >= 0.3 is 0 Å². The number of carbonyl (C=O) groups excluding carboxylic acids is 1. The summed E-state index contributed by atoms with van der Waals surface area (Å²) in [5.41, 5.74) is 8.03. The minimum atomic E-state index is -0.437. The Morgan fingerprint density at radius 2 is 2.17 bits per heavy atom. The van der Waals surface area contributed by atoms with Gasteiger partial charge in [-0.1, -0.05) is 12.1 Å². The Morgan fingerprint density at radius 1 is 1.50 bits per heavy atom. The normalized spacial score (nSPS) is 11.9. The van der Waals surface area contributed by atoms with Gasteiger partial charge < -0.3 is 15.3 Å². The largest absolute Gasteiger partial charge is 0.370 e. The molecule has 0 saturated heterocycles. The van der Waals surface area contributed by atoms with E-state index in [1.54, 1.807) is 0 Å². The van der Waals surface area contributed by atoms with Crippen molar-refractivity contribution in [2.45, 2.75) is 32.7 Å². The van der Waals surface area contributed by atoms with Crippen LogP contribution in [0.1, 0.15) is 25.8 Å². The third kappa shape index (κ3) is 2.06. The summed E-state index contributed by atoms with van der Waals surface area (Å²) >= 11 is 5.37. The van der Waals surface area contributed by atoms with Gasteiger partial charge in [0.25, 0.3) is 0 Å². The molecule has 4 nitrogen and oxygen atoms in total. The molecule has 0 bridgehead atoms.